The molecule has 0 N–H and O–H groups in total. The Morgan fingerprint density at radius 2 is 1.82 bits per heavy atom. The van der Waals surface area contributed by atoms with E-state index in [0.717, 1.165) is 38.4 Å². The van der Waals surface area contributed by atoms with E-state index in [-0.39, 0.29) is 11.8 Å². The van der Waals surface area contributed by atoms with Crippen LogP contribution in [0.5, 0.6) is 0 Å². The Kier molecular flexibility index (Phi) is 5.15. The third-order valence-corrected chi connectivity index (χ3v) is 3.77. The molecule has 7 nitrogen and oxygen atoms in total. The van der Waals surface area contributed by atoms with Crippen molar-refractivity contribution in [2.24, 2.45) is 0 Å². The molecule has 1 aromatic rings. The van der Waals surface area contributed by atoms with Crippen molar-refractivity contribution < 1.29 is 4.79 Å². The second kappa shape index (κ2) is 6.89. The van der Waals surface area contributed by atoms with Crippen LogP contribution in [0.25, 0.3) is 0 Å². The summed E-state index contributed by atoms with van der Waals surface area (Å²) in [5.41, 5.74) is 0. The lowest BCUT2D eigenvalue weighted by Crippen LogP contribution is -2.34. The summed E-state index contributed by atoms with van der Waals surface area (Å²) >= 11 is 0. The van der Waals surface area contributed by atoms with E-state index in [1.54, 1.807) is 6.92 Å². The van der Waals surface area contributed by atoms with E-state index in [1.165, 1.54) is 0 Å². The van der Waals surface area contributed by atoms with Crippen LogP contribution >= 0.6 is 0 Å². The standard InChI is InChI=1S/C15H26N6O/c1-11(2)13-16-14(19(4)5)18-15(17-13)21-8-6-7-20(9-10-21)12(3)22/h11H,6-10H2,1-5H3. The molecular formula is C15H26N6O. The zero-order valence-corrected chi connectivity index (χ0v) is 14.2. The van der Waals surface area contributed by atoms with Crippen LogP contribution in [0.2, 0.25) is 0 Å². The van der Waals surface area contributed by atoms with Crippen LogP contribution < -0.4 is 9.80 Å². The monoisotopic (exact) mass is 306 g/mol. The highest BCUT2D eigenvalue weighted by Gasteiger charge is 2.20. The molecule has 0 unspecified atom stereocenters. The second-order valence-electron chi connectivity index (χ2n) is 6.19. The van der Waals surface area contributed by atoms with Gasteiger partial charge in [0, 0.05) is 53.1 Å². The molecular weight excluding hydrogens is 280 g/mol. The highest BCUT2D eigenvalue weighted by atomic mass is 16.2. The molecule has 7 heteroatoms. The Hall–Kier alpha value is -1.92. The Morgan fingerprint density at radius 1 is 1.09 bits per heavy atom. The van der Waals surface area contributed by atoms with Gasteiger partial charge in [-0.1, -0.05) is 13.8 Å². The summed E-state index contributed by atoms with van der Waals surface area (Å²) in [6, 6.07) is 0. The van der Waals surface area contributed by atoms with Crippen molar-refractivity contribution in [2.45, 2.75) is 33.1 Å². The van der Waals surface area contributed by atoms with E-state index >= 15 is 0 Å². The van der Waals surface area contributed by atoms with Gasteiger partial charge < -0.3 is 14.7 Å². The van der Waals surface area contributed by atoms with E-state index in [9.17, 15) is 4.79 Å². The fourth-order valence-electron chi connectivity index (χ4n) is 2.40. The number of anilines is 2. The molecule has 2 rings (SSSR count). The maximum atomic E-state index is 11.5. The fourth-order valence-corrected chi connectivity index (χ4v) is 2.40. The molecule has 2 heterocycles. The molecule has 1 amide bonds. The smallest absolute Gasteiger partial charge is 0.230 e. The van der Waals surface area contributed by atoms with E-state index in [2.05, 4.69) is 33.7 Å². The fraction of sp³-hybridized carbons (Fsp3) is 0.733. The Bertz CT molecular complexity index is 505. The van der Waals surface area contributed by atoms with E-state index in [1.807, 2.05) is 23.9 Å². The van der Waals surface area contributed by atoms with Crippen LogP contribution in [-0.4, -0.2) is 66.0 Å². The number of hydrogen-bond acceptors (Lipinski definition) is 6. The summed E-state index contributed by atoms with van der Waals surface area (Å²) in [6.45, 7) is 8.92. The van der Waals surface area contributed by atoms with Gasteiger partial charge in [-0.2, -0.15) is 15.0 Å². The number of carbonyl (C=O) groups excluding carboxylic acids is 1. The molecule has 0 bridgehead atoms. The number of carbonyl (C=O) groups is 1. The molecule has 22 heavy (non-hydrogen) atoms. The molecule has 0 aromatic carbocycles. The number of amides is 1. The quantitative estimate of drug-likeness (QED) is 0.834. The van der Waals surface area contributed by atoms with Crippen molar-refractivity contribution in [3.05, 3.63) is 5.82 Å². The Morgan fingerprint density at radius 3 is 2.41 bits per heavy atom. The molecule has 1 fully saturated rings. The average Bonchev–Trinajstić information content (AvgIpc) is 2.72. The number of aromatic nitrogens is 3. The molecule has 1 aromatic heterocycles. The molecule has 1 aliphatic rings. The largest absolute Gasteiger partial charge is 0.347 e. The van der Waals surface area contributed by atoms with Gasteiger partial charge >= 0.3 is 0 Å². The van der Waals surface area contributed by atoms with Crippen LogP contribution in [0.1, 0.15) is 38.9 Å². The van der Waals surface area contributed by atoms with E-state index < -0.39 is 0 Å². The molecule has 0 atom stereocenters. The first-order chi connectivity index (χ1) is 10.4. The maximum Gasteiger partial charge on any atom is 0.230 e. The third-order valence-electron chi connectivity index (χ3n) is 3.77. The van der Waals surface area contributed by atoms with E-state index in [4.69, 9.17) is 0 Å². The minimum atomic E-state index is 0.134. The third kappa shape index (κ3) is 3.84. The Balaban J connectivity index is 2.25. The number of hydrogen-bond donors (Lipinski definition) is 0. The molecule has 1 aliphatic heterocycles. The molecule has 0 saturated carbocycles. The van der Waals surface area contributed by atoms with Crippen LogP contribution in [-0.2, 0) is 4.79 Å². The topological polar surface area (TPSA) is 65.5 Å². The number of nitrogens with zero attached hydrogens (tertiary/aromatic N) is 6. The second-order valence-corrected chi connectivity index (χ2v) is 6.19. The first-order valence-corrected chi connectivity index (χ1v) is 7.82. The molecule has 122 valence electrons. The highest BCUT2D eigenvalue weighted by molar-refractivity contribution is 5.73. The SMILES string of the molecule is CC(=O)N1CCCN(c2nc(C(C)C)nc(N(C)C)n2)CC1. The lowest BCUT2D eigenvalue weighted by atomic mass is 10.2. The normalized spacial score (nSPS) is 15.9. The van der Waals surface area contributed by atoms with Crippen LogP contribution in [0, 0.1) is 0 Å². The predicted octanol–water partition coefficient (Wildman–Crippen LogP) is 1.12. The van der Waals surface area contributed by atoms with Gasteiger partial charge in [0.1, 0.15) is 5.82 Å². The first-order valence-electron chi connectivity index (χ1n) is 7.82. The lowest BCUT2D eigenvalue weighted by Gasteiger charge is -2.23. The van der Waals surface area contributed by atoms with Gasteiger partial charge in [0.15, 0.2) is 0 Å². The van der Waals surface area contributed by atoms with Gasteiger partial charge in [0.25, 0.3) is 0 Å². The van der Waals surface area contributed by atoms with Crippen molar-refractivity contribution in [3.8, 4) is 0 Å². The van der Waals surface area contributed by atoms with Crippen LogP contribution in [0.4, 0.5) is 11.9 Å². The minimum Gasteiger partial charge on any atom is -0.347 e. The van der Waals surface area contributed by atoms with Gasteiger partial charge in [-0.25, -0.2) is 0 Å². The zero-order valence-electron chi connectivity index (χ0n) is 14.2. The van der Waals surface area contributed by atoms with Gasteiger partial charge in [0.05, 0.1) is 0 Å². The van der Waals surface area contributed by atoms with Gasteiger partial charge in [-0.05, 0) is 6.42 Å². The number of rotatable bonds is 3. The van der Waals surface area contributed by atoms with E-state index in [0.29, 0.717) is 11.9 Å². The van der Waals surface area contributed by atoms with Crippen molar-refractivity contribution >= 4 is 17.8 Å². The maximum absolute atomic E-state index is 11.5. The highest BCUT2D eigenvalue weighted by Crippen LogP contribution is 2.18. The summed E-state index contributed by atoms with van der Waals surface area (Å²) < 4.78 is 0. The van der Waals surface area contributed by atoms with Gasteiger partial charge in [-0.15, -0.1) is 0 Å². The molecule has 0 aliphatic carbocycles. The molecule has 0 spiro atoms. The predicted molar refractivity (Wildman–Crippen MR) is 87.3 cm³/mol. The van der Waals surface area contributed by atoms with Crippen molar-refractivity contribution in [1.29, 1.82) is 0 Å². The summed E-state index contributed by atoms with van der Waals surface area (Å²) in [4.78, 5) is 31.2. The zero-order chi connectivity index (χ0) is 16.3. The van der Waals surface area contributed by atoms with Crippen molar-refractivity contribution in [2.75, 3.05) is 50.1 Å². The Labute approximate surface area is 132 Å². The van der Waals surface area contributed by atoms with Crippen LogP contribution in [0.3, 0.4) is 0 Å². The van der Waals surface area contributed by atoms with Crippen LogP contribution in [0.15, 0.2) is 0 Å². The first kappa shape index (κ1) is 16.5. The molecule has 0 radical (unpaired) electrons. The summed E-state index contributed by atoms with van der Waals surface area (Å²) in [7, 11) is 3.87. The summed E-state index contributed by atoms with van der Waals surface area (Å²) in [5, 5.41) is 0. The lowest BCUT2D eigenvalue weighted by molar-refractivity contribution is -0.128. The van der Waals surface area contributed by atoms with Crippen molar-refractivity contribution in [1.82, 2.24) is 19.9 Å². The van der Waals surface area contributed by atoms with Gasteiger partial charge in [0.2, 0.25) is 17.8 Å². The van der Waals surface area contributed by atoms with Gasteiger partial charge in [-0.3, -0.25) is 4.79 Å². The van der Waals surface area contributed by atoms with Crippen molar-refractivity contribution in [3.63, 3.8) is 0 Å². The minimum absolute atomic E-state index is 0.134. The average molecular weight is 306 g/mol. The summed E-state index contributed by atoms with van der Waals surface area (Å²) in [5.74, 6) is 2.59. The summed E-state index contributed by atoms with van der Waals surface area (Å²) in [6.07, 6.45) is 0.930. The molecule has 1 saturated heterocycles.